The Labute approximate surface area is 699 Å². The van der Waals surface area contributed by atoms with Crippen molar-refractivity contribution in [3.63, 3.8) is 0 Å². The number of hydrogen-bond donors (Lipinski definition) is 10. The summed E-state index contributed by atoms with van der Waals surface area (Å²) < 4.78 is 19.5. The lowest BCUT2D eigenvalue weighted by Gasteiger charge is -2.02. The smallest absolute Gasteiger partial charge is 0.355 e. The summed E-state index contributed by atoms with van der Waals surface area (Å²) in [6.45, 7) is 8.04. The Hall–Kier alpha value is -10.8. The number of esters is 3. The number of halogens is 7. The summed E-state index contributed by atoms with van der Waals surface area (Å²) in [4.78, 5) is 125. The maximum absolute atomic E-state index is 12.0. The van der Waals surface area contributed by atoms with Crippen molar-refractivity contribution in [2.24, 2.45) is 0 Å². The van der Waals surface area contributed by atoms with Crippen molar-refractivity contribution in [2.75, 3.05) is 20.7 Å². The summed E-state index contributed by atoms with van der Waals surface area (Å²) in [6.07, 6.45) is 11.0. The summed E-state index contributed by atoms with van der Waals surface area (Å²) >= 11 is 26.4. The molecule has 0 radical (unpaired) electrons. The van der Waals surface area contributed by atoms with Crippen LogP contribution in [0, 0.1) is 17.4 Å². The van der Waals surface area contributed by atoms with Gasteiger partial charge < -0.3 is 64.8 Å². The summed E-state index contributed by atoms with van der Waals surface area (Å²) in [6, 6.07) is 54.4. The monoisotopic (exact) mass is 1890 g/mol. The fourth-order valence-electron chi connectivity index (χ4n) is 9.74. The molecule has 0 amide bonds. The van der Waals surface area contributed by atoms with E-state index in [9.17, 15) is 38.4 Å². The Kier molecular flexibility index (Phi) is 36.1. The Morgan fingerprint density at radius 1 is 0.416 bits per heavy atom. The maximum Gasteiger partial charge on any atom is 0.355 e. The van der Waals surface area contributed by atoms with Gasteiger partial charge in [-0.05, 0) is 252 Å². The molecular weight excluding hydrogens is 1830 g/mol. The summed E-state index contributed by atoms with van der Waals surface area (Å²) in [7, 11) is 2.98. The highest BCUT2D eigenvalue weighted by molar-refractivity contribution is 14.1. The van der Waals surface area contributed by atoms with Crippen molar-refractivity contribution in [1.82, 2.24) is 60.1 Å². The third-order valence-corrected chi connectivity index (χ3v) is 17.6. The summed E-state index contributed by atoms with van der Waals surface area (Å²) in [5.41, 5.74) is 11.1. The minimum Gasteiger partial charge on any atom is -0.477 e. The highest BCUT2D eigenvalue weighted by Gasteiger charge is 2.16. The Bertz CT molecular complexity index is 5190. The van der Waals surface area contributed by atoms with Crippen LogP contribution in [0.25, 0.3) is 66.1 Å². The van der Waals surface area contributed by atoms with Crippen LogP contribution in [0.4, 0.5) is 0 Å². The molecule has 11 heterocycles. The number of carboxylic acids is 2. The predicted octanol–water partition coefficient (Wildman–Crippen LogP) is 18.5. The van der Waals surface area contributed by atoms with Crippen LogP contribution < -0.4 is 5.32 Å². The second-order valence-electron chi connectivity index (χ2n) is 23.6. The number of hydrogen-bond acceptors (Lipinski definition) is 18. The first-order valence-corrected chi connectivity index (χ1v) is 38.2. The number of aromatic nitrogens is 11. The van der Waals surface area contributed by atoms with Gasteiger partial charge in [-0.1, -0.05) is 104 Å². The molecule has 113 heavy (non-hydrogen) atoms. The molecule has 0 atom stereocenters. The highest BCUT2D eigenvalue weighted by Crippen LogP contribution is 2.24. The number of nitrogens with one attached hydrogen (secondary N) is 7. The number of carbonyl (C=O) groups is 8. The number of pyridine rings is 5. The fraction of sp³-hybridized carbons (Fsp3) is 0.138. The van der Waals surface area contributed by atoms with E-state index in [1.165, 1.54) is 12.8 Å². The Morgan fingerprint density at radius 3 is 1.05 bits per heavy atom. The molecule has 0 aliphatic heterocycles. The number of H-pyrrole nitrogens is 6. The molecule has 0 unspecified atom stereocenters. The van der Waals surface area contributed by atoms with Crippen LogP contribution in [-0.2, 0) is 43.6 Å². The number of ether oxygens (including phenoxy) is 3. The zero-order valence-corrected chi connectivity index (χ0v) is 69.8. The Balaban J connectivity index is 0.000000183. The molecular formula is C80H71Br3Cl3IN12O14. The lowest BCUT2D eigenvalue weighted by Crippen LogP contribution is -2.06. The minimum atomic E-state index is -1.14. The van der Waals surface area contributed by atoms with Crippen molar-refractivity contribution >= 4 is 217 Å². The van der Waals surface area contributed by atoms with Gasteiger partial charge in [0.05, 0.1) is 0 Å². The van der Waals surface area contributed by atoms with E-state index in [0.29, 0.717) is 51.0 Å². The van der Waals surface area contributed by atoms with Crippen molar-refractivity contribution < 1.29 is 67.9 Å². The van der Waals surface area contributed by atoms with E-state index in [0.717, 1.165) is 96.3 Å². The molecule has 26 nitrogen and oxygen atoms in total. The third kappa shape index (κ3) is 29.0. The van der Waals surface area contributed by atoms with Crippen LogP contribution in [0.1, 0.15) is 111 Å². The quantitative estimate of drug-likeness (QED) is 0.0107. The van der Waals surface area contributed by atoms with Gasteiger partial charge in [-0.2, -0.15) is 0 Å². The van der Waals surface area contributed by atoms with Crippen LogP contribution in [0.3, 0.4) is 0 Å². The van der Waals surface area contributed by atoms with Crippen LogP contribution >= 0.6 is 105 Å². The van der Waals surface area contributed by atoms with Crippen molar-refractivity contribution in [3.05, 3.63) is 286 Å². The highest BCUT2D eigenvalue weighted by atomic mass is 127. The molecule has 15 rings (SSSR count). The summed E-state index contributed by atoms with van der Waals surface area (Å²) in [5, 5.41) is 29.9. The molecule has 0 saturated carbocycles. The molecule has 0 spiro atoms. The molecule has 0 aliphatic carbocycles. The molecule has 584 valence electrons. The fourth-order valence-corrected chi connectivity index (χ4v) is 11.4. The number of aliphatic hydroxyl groups is 1. The molecule has 0 saturated heterocycles. The first-order chi connectivity index (χ1) is 54.2. The van der Waals surface area contributed by atoms with Crippen molar-refractivity contribution in [2.45, 2.75) is 53.4 Å². The second-order valence-corrected chi connectivity index (χ2v) is 28.6. The van der Waals surface area contributed by atoms with Gasteiger partial charge in [-0.25, -0.2) is 48.9 Å². The maximum atomic E-state index is 12.0. The van der Waals surface area contributed by atoms with Crippen LogP contribution in [0.15, 0.2) is 220 Å². The molecule has 0 bridgehead atoms. The number of aromatic carboxylic acids is 2. The van der Waals surface area contributed by atoms with E-state index in [2.05, 4.69) is 161 Å². The molecule has 4 aromatic carbocycles. The van der Waals surface area contributed by atoms with E-state index < -0.39 is 27.7 Å². The molecule has 0 fully saturated rings. The zero-order chi connectivity index (χ0) is 82.1. The standard InChI is InChI=1S/C16H12INO2.C16H14N2O2.C15H11BrN2O2.C9H8N2O2.C8H4BrClN2O.C8H5BrN2O2.C5H13N.C2Cl2O2.CH4O/c17-13-6-7-14-12(8-13)9-15(18-14)16(19)20-10-11-4-2-1-3-5-11;1-11-7-13-8-14(18-15(13)17-9-11)16(19)20-10-12-5-3-2-4-6-12;16-12-6-11-7-13(18-14(11)17-8-12)15(19)20-9-10-4-2-1-3-5-10;1-5-2-6-3-7(9(12)13)11-8(6)10-4-5;9-5-1-4-2-6(7(10)13)12-8(4)11-3-5;9-5-1-4-2-6(8(12)13)11-7(4)10-3-5;1-3-4-5-6-2;3-1(5)2(4)6;1-2/h1-9,18H,10H2;2-9H,10H2,1H3,(H,17,18);1-8H,9H2,(H,17,18);2-4H,1H3,(H,10,11)(H,12,13);1-3H,(H,11,12);1-3H,(H,10,11)(H,12,13);6H,3-5H2,1-2H3;;2H,1H3. The number of aryl methyl sites for hydroxylation is 2. The number of carboxylic acid groups (broad SMARTS) is 2. The van der Waals surface area contributed by atoms with Crippen molar-refractivity contribution in [3.8, 4) is 0 Å². The molecule has 33 heteroatoms. The lowest BCUT2D eigenvalue weighted by molar-refractivity contribution is -0.127. The largest absolute Gasteiger partial charge is 0.477 e. The third-order valence-electron chi connectivity index (χ3n) is 15.0. The van der Waals surface area contributed by atoms with Gasteiger partial charge in [0.25, 0.3) is 5.24 Å². The number of fused-ring (bicyclic) bond motifs is 6. The lowest BCUT2D eigenvalue weighted by atomic mass is 10.2. The summed E-state index contributed by atoms with van der Waals surface area (Å²) in [5.74, 6) is -3.03. The van der Waals surface area contributed by atoms with Gasteiger partial charge in [0.1, 0.15) is 82.2 Å². The van der Waals surface area contributed by atoms with Gasteiger partial charge in [0.15, 0.2) is 0 Å². The second kappa shape index (κ2) is 45.6. The van der Waals surface area contributed by atoms with E-state index in [4.69, 9.17) is 41.1 Å². The van der Waals surface area contributed by atoms with Crippen LogP contribution in [-0.4, -0.2) is 136 Å². The Morgan fingerprint density at radius 2 is 0.726 bits per heavy atom. The number of carbonyl (C=O) groups excluding carboxylic acids is 6. The van der Waals surface area contributed by atoms with Gasteiger partial charge in [-0.15, -0.1) is 0 Å². The minimum absolute atomic E-state index is 0.153. The number of benzene rings is 4. The molecule has 10 N–H and O–H groups in total. The molecule has 11 aromatic heterocycles. The van der Waals surface area contributed by atoms with Gasteiger partial charge in [-0.3, -0.25) is 14.4 Å². The first kappa shape index (κ1) is 89.4. The normalized spacial score (nSPS) is 10.2. The van der Waals surface area contributed by atoms with Crippen LogP contribution in [0.5, 0.6) is 0 Å². The average molecular weight is 1900 g/mol. The first-order valence-electron chi connectivity index (χ1n) is 33.6. The van der Waals surface area contributed by atoms with E-state index >= 15 is 0 Å². The predicted molar refractivity (Wildman–Crippen MR) is 454 cm³/mol. The number of rotatable bonds is 16. The topological polar surface area (TPSA) is 396 Å². The number of nitrogens with zero attached hydrogens (tertiary/aromatic N) is 5. The molecule has 15 aromatic rings. The average Bonchev–Trinajstić information content (AvgIpc) is 1.73. The molecule has 0 aliphatic rings. The number of aromatic amines is 6. The zero-order valence-electron chi connectivity index (χ0n) is 60.6. The number of unbranched alkanes of at least 4 members (excludes halogenated alkanes) is 1. The van der Waals surface area contributed by atoms with Gasteiger partial charge in [0, 0.05) is 92.9 Å². The van der Waals surface area contributed by atoms with Gasteiger partial charge in [0.2, 0.25) is 0 Å². The van der Waals surface area contributed by atoms with E-state index in [1.807, 2.05) is 166 Å². The van der Waals surface area contributed by atoms with E-state index in [-0.39, 0.29) is 49.1 Å². The van der Waals surface area contributed by atoms with E-state index in [1.54, 1.807) is 61.3 Å². The van der Waals surface area contributed by atoms with Gasteiger partial charge >= 0.3 is 40.3 Å². The van der Waals surface area contributed by atoms with Crippen LogP contribution in [0.2, 0.25) is 0 Å². The number of aliphatic hydroxyl groups excluding tert-OH is 1. The SMILES string of the molecule is CCCCNC.CO.Cc1cnc2[nH]c(C(=O)O)cc2c1.Cc1cnc2[nH]c(C(=O)OCc3ccccc3)cc2c1.O=C(Cl)C(=O)Cl.O=C(Cl)c1cc2cc(Br)cnc2[nH]1.O=C(O)c1cc2cc(Br)cnc2[nH]1.O=C(OCc1ccccc1)c1cc2cc(Br)cnc2[nH]1.O=C(OCc1ccccc1)c1cc2cc(I)ccc2[nH]1. The van der Waals surface area contributed by atoms with Crippen molar-refractivity contribution in [1.29, 1.82) is 0 Å².